The molecule has 7 heteroatoms. The van der Waals surface area contributed by atoms with E-state index in [9.17, 15) is 8.42 Å². The standard InChI is InChI=1S/C19H22ClNO4S/c1-24-17-7-5-8-18-19(17)14-10-9-13(21-26(2,22)23)12-15(14)16(25-18)6-3-4-11-20/h5,7-10,12,16,21H,3-4,6,11H2,1-2H3. The van der Waals surface area contributed by atoms with Crippen LogP contribution >= 0.6 is 11.6 Å². The predicted octanol–water partition coefficient (Wildman–Crippen LogP) is 4.58. The number of sulfonamides is 1. The lowest BCUT2D eigenvalue weighted by molar-refractivity contribution is 0.187. The number of alkyl halides is 1. The normalized spacial score (nSPS) is 15.6. The molecule has 1 aliphatic heterocycles. The number of anilines is 1. The van der Waals surface area contributed by atoms with Crippen molar-refractivity contribution in [3.63, 3.8) is 0 Å². The van der Waals surface area contributed by atoms with Crippen molar-refractivity contribution in [2.45, 2.75) is 25.4 Å². The summed E-state index contributed by atoms with van der Waals surface area (Å²) in [4.78, 5) is 0. The Balaban J connectivity index is 2.07. The molecule has 5 nitrogen and oxygen atoms in total. The highest BCUT2D eigenvalue weighted by atomic mass is 35.5. The molecule has 1 aliphatic rings. The van der Waals surface area contributed by atoms with Crippen LogP contribution in [0.1, 0.15) is 30.9 Å². The van der Waals surface area contributed by atoms with Crippen LogP contribution in [0.5, 0.6) is 11.5 Å². The zero-order valence-electron chi connectivity index (χ0n) is 14.8. The third-order valence-electron chi connectivity index (χ3n) is 4.30. The first-order valence-corrected chi connectivity index (χ1v) is 10.9. The van der Waals surface area contributed by atoms with Crippen LogP contribution in [0.2, 0.25) is 0 Å². The Morgan fingerprint density at radius 1 is 1.23 bits per heavy atom. The molecular formula is C19H22ClNO4S. The molecule has 0 aliphatic carbocycles. The van der Waals surface area contributed by atoms with Crippen molar-refractivity contribution in [1.82, 2.24) is 0 Å². The number of ether oxygens (including phenoxy) is 2. The number of rotatable bonds is 7. The molecule has 1 N–H and O–H groups in total. The number of hydrogen-bond acceptors (Lipinski definition) is 4. The van der Waals surface area contributed by atoms with Gasteiger partial charge in [0.2, 0.25) is 10.0 Å². The Bertz CT molecular complexity index is 898. The number of fused-ring (bicyclic) bond motifs is 3. The number of halogens is 1. The van der Waals surface area contributed by atoms with Gasteiger partial charge in [0.1, 0.15) is 17.6 Å². The van der Waals surface area contributed by atoms with Gasteiger partial charge in [0.25, 0.3) is 0 Å². The molecule has 0 saturated carbocycles. The molecule has 0 radical (unpaired) electrons. The van der Waals surface area contributed by atoms with Crippen LogP contribution in [0.25, 0.3) is 11.1 Å². The van der Waals surface area contributed by atoms with Gasteiger partial charge in [-0.05, 0) is 49.1 Å². The van der Waals surface area contributed by atoms with Crippen LogP contribution < -0.4 is 14.2 Å². The Morgan fingerprint density at radius 2 is 2.04 bits per heavy atom. The molecule has 0 saturated heterocycles. The maximum atomic E-state index is 11.6. The van der Waals surface area contributed by atoms with Gasteiger partial charge in [0, 0.05) is 17.1 Å². The van der Waals surface area contributed by atoms with Crippen molar-refractivity contribution in [3.05, 3.63) is 42.0 Å². The van der Waals surface area contributed by atoms with Crippen molar-refractivity contribution >= 4 is 27.3 Å². The molecule has 1 heterocycles. The molecule has 140 valence electrons. The first-order chi connectivity index (χ1) is 12.4. The molecule has 0 bridgehead atoms. The Kier molecular flexibility index (Phi) is 5.63. The van der Waals surface area contributed by atoms with Crippen LogP contribution in [-0.4, -0.2) is 27.7 Å². The van der Waals surface area contributed by atoms with Gasteiger partial charge in [-0.15, -0.1) is 11.6 Å². The number of unbranched alkanes of at least 4 members (excludes halogenated alkanes) is 1. The lowest BCUT2D eigenvalue weighted by Gasteiger charge is -2.30. The first kappa shape index (κ1) is 18.9. The van der Waals surface area contributed by atoms with Crippen molar-refractivity contribution in [2.24, 2.45) is 0 Å². The Morgan fingerprint density at radius 3 is 2.73 bits per heavy atom. The van der Waals surface area contributed by atoms with Crippen LogP contribution in [0.3, 0.4) is 0 Å². The monoisotopic (exact) mass is 395 g/mol. The summed E-state index contributed by atoms with van der Waals surface area (Å²) in [7, 11) is -1.72. The molecule has 0 fully saturated rings. The molecule has 0 spiro atoms. The fourth-order valence-electron chi connectivity index (χ4n) is 3.23. The number of nitrogens with one attached hydrogen (secondary N) is 1. The minimum absolute atomic E-state index is 0.158. The van der Waals surface area contributed by atoms with Gasteiger partial charge in [-0.25, -0.2) is 8.42 Å². The highest BCUT2D eigenvalue weighted by molar-refractivity contribution is 7.92. The van der Waals surface area contributed by atoms with Gasteiger partial charge < -0.3 is 9.47 Å². The summed E-state index contributed by atoms with van der Waals surface area (Å²) in [5.41, 5.74) is 3.36. The summed E-state index contributed by atoms with van der Waals surface area (Å²) in [6, 6.07) is 11.2. The second-order valence-corrected chi connectivity index (χ2v) is 8.43. The fourth-order valence-corrected chi connectivity index (χ4v) is 3.98. The maximum Gasteiger partial charge on any atom is 0.229 e. The number of methoxy groups -OCH3 is 1. The van der Waals surface area contributed by atoms with E-state index in [0.717, 1.165) is 53.7 Å². The van der Waals surface area contributed by atoms with E-state index in [2.05, 4.69) is 4.72 Å². The largest absolute Gasteiger partial charge is 0.496 e. The van der Waals surface area contributed by atoms with Crippen molar-refractivity contribution in [1.29, 1.82) is 0 Å². The van der Waals surface area contributed by atoms with E-state index < -0.39 is 10.0 Å². The SMILES string of the molecule is COc1cccc2c1-c1ccc(NS(C)(=O)=O)cc1C(CCCCCl)O2. The molecule has 3 rings (SSSR count). The van der Waals surface area contributed by atoms with E-state index in [1.54, 1.807) is 13.2 Å². The van der Waals surface area contributed by atoms with Crippen molar-refractivity contribution < 1.29 is 17.9 Å². The van der Waals surface area contributed by atoms with Gasteiger partial charge >= 0.3 is 0 Å². The van der Waals surface area contributed by atoms with Crippen LogP contribution in [0.4, 0.5) is 5.69 Å². The van der Waals surface area contributed by atoms with Crippen molar-refractivity contribution in [2.75, 3.05) is 24.0 Å². The smallest absolute Gasteiger partial charge is 0.229 e. The second kappa shape index (κ2) is 7.76. The lowest BCUT2D eigenvalue weighted by atomic mass is 9.90. The highest BCUT2D eigenvalue weighted by Gasteiger charge is 2.28. The van der Waals surface area contributed by atoms with Gasteiger partial charge in [0.05, 0.1) is 18.9 Å². The van der Waals surface area contributed by atoms with Crippen LogP contribution in [-0.2, 0) is 10.0 Å². The van der Waals surface area contributed by atoms with Crippen LogP contribution in [0.15, 0.2) is 36.4 Å². The predicted molar refractivity (Wildman–Crippen MR) is 105 cm³/mol. The zero-order chi connectivity index (χ0) is 18.7. The lowest BCUT2D eigenvalue weighted by Crippen LogP contribution is -2.16. The molecule has 2 aromatic rings. The van der Waals surface area contributed by atoms with E-state index in [4.69, 9.17) is 21.1 Å². The van der Waals surface area contributed by atoms with Gasteiger partial charge in [-0.2, -0.15) is 0 Å². The van der Waals surface area contributed by atoms with E-state index in [0.29, 0.717) is 11.6 Å². The second-order valence-electron chi connectivity index (χ2n) is 6.30. The quantitative estimate of drug-likeness (QED) is 0.550. The van der Waals surface area contributed by atoms with Gasteiger partial charge in [-0.3, -0.25) is 4.72 Å². The summed E-state index contributed by atoms with van der Waals surface area (Å²) in [5, 5.41) is 0. The average molecular weight is 396 g/mol. The molecule has 1 atom stereocenters. The third kappa shape index (κ3) is 4.07. The maximum absolute atomic E-state index is 11.6. The minimum atomic E-state index is -3.35. The topological polar surface area (TPSA) is 64.6 Å². The van der Waals surface area contributed by atoms with E-state index in [1.807, 2.05) is 30.3 Å². The van der Waals surface area contributed by atoms with E-state index >= 15 is 0 Å². The Hall–Kier alpha value is -1.92. The third-order valence-corrected chi connectivity index (χ3v) is 5.17. The summed E-state index contributed by atoms with van der Waals surface area (Å²) >= 11 is 5.80. The van der Waals surface area contributed by atoms with Gasteiger partial charge in [0.15, 0.2) is 0 Å². The minimum Gasteiger partial charge on any atom is -0.496 e. The molecule has 0 amide bonds. The number of benzene rings is 2. The summed E-state index contributed by atoms with van der Waals surface area (Å²) in [6.07, 6.45) is 3.62. The van der Waals surface area contributed by atoms with Crippen LogP contribution in [0, 0.1) is 0 Å². The van der Waals surface area contributed by atoms with Gasteiger partial charge in [-0.1, -0.05) is 12.1 Å². The molecule has 1 unspecified atom stereocenters. The average Bonchev–Trinajstić information content (AvgIpc) is 2.60. The summed E-state index contributed by atoms with van der Waals surface area (Å²) < 4.78 is 37.4. The highest BCUT2D eigenvalue weighted by Crippen LogP contribution is 2.48. The molecule has 2 aromatic carbocycles. The molecule has 0 aromatic heterocycles. The Labute approximate surface area is 159 Å². The first-order valence-electron chi connectivity index (χ1n) is 8.44. The zero-order valence-corrected chi connectivity index (χ0v) is 16.4. The van der Waals surface area contributed by atoms with Crippen molar-refractivity contribution in [3.8, 4) is 22.6 Å². The molecular weight excluding hydrogens is 374 g/mol. The van der Waals surface area contributed by atoms with E-state index in [-0.39, 0.29) is 6.10 Å². The summed E-state index contributed by atoms with van der Waals surface area (Å²) in [6.45, 7) is 0. The van der Waals surface area contributed by atoms with E-state index in [1.165, 1.54) is 0 Å². The number of hydrogen-bond donors (Lipinski definition) is 1. The molecule has 26 heavy (non-hydrogen) atoms. The summed E-state index contributed by atoms with van der Waals surface area (Å²) in [5.74, 6) is 2.11. The fraction of sp³-hybridized carbons (Fsp3) is 0.368.